The van der Waals surface area contributed by atoms with Gasteiger partial charge in [0.2, 0.25) is 0 Å². The highest BCUT2D eigenvalue weighted by Gasteiger charge is 2.02. The molecule has 0 unspecified atom stereocenters. The van der Waals surface area contributed by atoms with E-state index in [1.54, 1.807) is 0 Å². The lowest BCUT2D eigenvalue weighted by Crippen LogP contribution is -2.11. The standard InChI is InChI=1S/C24H48O5/c1-3-5-7-8-9-10-11-12-13-14-19-29-24(25)16-15-18-27-21-23-28-22-20-26-17-6-4-2/h3-23H2,1-2H3. The molecule has 0 amide bonds. The second-order valence-corrected chi connectivity index (χ2v) is 7.70. The molecule has 0 rings (SSSR count). The lowest BCUT2D eigenvalue weighted by molar-refractivity contribution is -0.144. The van der Waals surface area contributed by atoms with E-state index in [2.05, 4.69) is 13.8 Å². The fourth-order valence-electron chi connectivity index (χ4n) is 2.95. The van der Waals surface area contributed by atoms with Gasteiger partial charge >= 0.3 is 5.97 Å². The summed E-state index contributed by atoms with van der Waals surface area (Å²) in [4.78, 5) is 11.7. The van der Waals surface area contributed by atoms with Crippen LogP contribution >= 0.6 is 0 Å². The minimum absolute atomic E-state index is 0.106. The van der Waals surface area contributed by atoms with E-state index in [-0.39, 0.29) is 5.97 Å². The van der Waals surface area contributed by atoms with Gasteiger partial charge in [-0.15, -0.1) is 0 Å². The highest BCUT2D eigenvalue weighted by Crippen LogP contribution is 2.10. The molecular formula is C24H48O5. The van der Waals surface area contributed by atoms with Crippen molar-refractivity contribution in [1.29, 1.82) is 0 Å². The Balaban J connectivity index is 3.13. The summed E-state index contributed by atoms with van der Waals surface area (Å²) in [5.41, 5.74) is 0. The van der Waals surface area contributed by atoms with Gasteiger partial charge in [0, 0.05) is 19.6 Å². The van der Waals surface area contributed by atoms with Gasteiger partial charge in [-0.2, -0.15) is 0 Å². The molecule has 0 aromatic carbocycles. The van der Waals surface area contributed by atoms with E-state index in [0.29, 0.717) is 52.5 Å². The predicted molar refractivity (Wildman–Crippen MR) is 119 cm³/mol. The Morgan fingerprint density at radius 1 is 0.483 bits per heavy atom. The molecule has 0 aromatic rings. The van der Waals surface area contributed by atoms with Gasteiger partial charge in [-0.25, -0.2) is 0 Å². The van der Waals surface area contributed by atoms with Crippen LogP contribution in [0.1, 0.15) is 104 Å². The van der Waals surface area contributed by atoms with Crippen LogP contribution in [-0.4, -0.2) is 52.2 Å². The van der Waals surface area contributed by atoms with Crippen molar-refractivity contribution in [3.63, 3.8) is 0 Å². The molecule has 0 aliphatic rings. The summed E-state index contributed by atoms with van der Waals surface area (Å²) < 4.78 is 21.6. The van der Waals surface area contributed by atoms with Gasteiger partial charge < -0.3 is 18.9 Å². The summed E-state index contributed by atoms with van der Waals surface area (Å²) in [5, 5.41) is 0. The number of hydrogen-bond donors (Lipinski definition) is 0. The molecule has 29 heavy (non-hydrogen) atoms. The first kappa shape index (κ1) is 28.4. The van der Waals surface area contributed by atoms with Crippen LogP contribution in [0.15, 0.2) is 0 Å². The molecule has 5 heteroatoms. The van der Waals surface area contributed by atoms with Crippen LogP contribution in [0.3, 0.4) is 0 Å². The molecule has 0 aliphatic heterocycles. The van der Waals surface area contributed by atoms with Crippen molar-refractivity contribution in [3.05, 3.63) is 0 Å². The first-order valence-corrected chi connectivity index (χ1v) is 12.2. The third-order valence-corrected chi connectivity index (χ3v) is 4.82. The molecule has 174 valence electrons. The lowest BCUT2D eigenvalue weighted by atomic mass is 10.1. The first-order chi connectivity index (χ1) is 14.3. The fourth-order valence-corrected chi connectivity index (χ4v) is 2.95. The van der Waals surface area contributed by atoms with Crippen LogP contribution in [0.4, 0.5) is 0 Å². The van der Waals surface area contributed by atoms with Crippen LogP contribution in [0.5, 0.6) is 0 Å². The van der Waals surface area contributed by atoms with Crippen molar-refractivity contribution >= 4 is 5.97 Å². The smallest absolute Gasteiger partial charge is 0.305 e. The number of rotatable bonds is 24. The van der Waals surface area contributed by atoms with Crippen molar-refractivity contribution in [3.8, 4) is 0 Å². The predicted octanol–water partition coefficient (Wildman–Crippen LogP) is 6.08. The zero-order valence-electron chi connectivity index (χ0n) is 19.4. The normalized spacial score (nSPS) is 11.1. The average Bonchev–Trinajstić information content (AvgIpc) is 2.72. The van der Waals surface area contributed by atoms with Gasteiger partial charge in [-0.1, -0.05) is 78.1 Å². The highest BCUT2D eigenvalue weighted by molar-refractivity contribution is 5.69. The Hall–Kier alpha value is -0.650. The van der Waals surface area contributed by atoms with Crippen molar-refractivity contribution in [2.24, 2.45) is 0 Å². The number of ether oxygens (including phenoxy) is 4. The Morgan fingerprint density at radius 2 is 0.931 bits per heavy atom. The minimum Gasteiger partial charge on any atom is -0.466 e. The maximum absolute atomic E-state index is 11.7. The third-order valence-electron chi connectivity index (χ3n) is 4.82. The Bertz CT molecular complexity index is 322. The molecule has 0 heterocycles. The Morgan fingerprint density at radius 3 is 1.48 bits per heavy atom. The summed E-state index contributed by atoms with van der Waals surface area (Å²) >= 11 is 0. The van der Waals surface area contributed by atoms with Crippen LogP contribution in [0, 0.1) is 0 Å². The number of unbranched alkanes of at least 4 members (excludes halogenated alkanes) is 10. The number of carbonyl (C=O) groups excluding carboxylic acids is 1. The van der Waals surface area contributed by atoms with Crippen molar-refractivity contribution in [2.45, 2.75) is 104 Å². The molecule has 0 aliphatic carbocycles. The summed E-state index contributed by atoms with van der Waals surface area (Å²) in [7, 11) is 0. The average molecular weight is 417 g/mol. The summed E-state index contributed by atoms with van der Waals surface area (Å²) in [6.07, 6.45) is 16.3. The number of hydrogen-bond acceptors (Lipinski definition) is 5. The zero-order chi connectivity index (χ0) is 21.3. The molecule has 0 bridgehead atoms. The summed E-state index contributed by atoms with van der Waals surface area (Å²) in [5.74, 6) is -0.106. The van der Waals surface area contributed by atoms with Gasteiger partial charge in [0.25, 0.3) is 0 Å². The molecule has 0 saturated carbocycles. The SMILES string of the molecule is CCCCCCCCCCCCOC(=O)CCCOCCOCCOCCCC. The van der Waals surface area contributed by atoms with Crippen molar-refractivity contribution in [1.82, 2.24) is 0 Å². The van der Waals surface area contributed by atoms with Crippen molar-refractivity contribution < 1.29 is 23.7 Å². The van der Waals surface area contributed by atoms with Crippen LogP contribution in [-0.2, 0) is 23.7 Å². The molecule has 0 aromatic heterocycles. The quantitative estimate of drug-likeness (QED) is 0.141. The second-order valence-electron chi connectivity index (χ2n) is 7.70. The summed E-state index contributed by atoms with van der Waals surface area (Å²) in [6, 6.07) is 0. The molecule has 0 N–H and O–H groups in total. The van der Waals surface area contributed by atoms with Crippen molar-refractivity contribution in [2.75, 3.05) is 46.2 Å². The molecule has 0 fully saturated rings. The minimum atomic E-state index is -0.106. The largest absolute Gasteiger partial charge is 0.466 e. The van der Waals surface area contributed by atoms with E-state index < -0.39 is 0 Å². The van der Waals surface area contributed by atoms with Gasteiger partial charge in [0.15, 0.2) is 0 Å². The van der Waals surface area contributed by atoms with E-state index in [9.17, 15) is 4.79 Å². The maximum atomic E-state index is 11.7. The topological polar surface area (TPSA) is 54.0 Å². The second kappa shape index (κ2) is 25.4. The molecule has 0 atom stereocenters. The Kier molecular flexibility index (Phi) is 24.8. The maximum Gasteiger partial charge on any atom is 0.305 e. The third kappa shape index (κ3) is 25.3. The lowest BCUT2D eigenvalue weighted by Gasteiger charge is -2.07. The van der Waals surface area contributed by atoms with Gasteiger partial charge in [0.1, 0.15) is 0 Å². The van der Waals surface area contributed by atoms with E-state index in [1.165, 1.54) is 51.4 Å². The van der Waals surface area contributed by atoms with Crippen LogP contribution in [0.2, 0.25) is 0 Å². The van der Waals surface area contributed by atoms with Gasteiger partial charge in [-0.3, -0.25) is 4.79 Å². The molecule has 0 radical (unpaired) electrons. The van der Waals surface area contributed by atoms with E-state index >= 15 is 0 Å². The van der Waals surface area contributed by atoms with E-state index in [1.807, 2.05) is 0 Å². The Labute approximate surface area is 180 Å². The first-order valence-electron chi connectivity index (χ1n) is 12.2. The number of carbonyl (C=O) groups is 1. The zero-order valence-corrected chi connectivity index (χ0v) is 19.4. The summed E-state index contributed by atoms with van der Waals surface area (Å²) in [6.45, 7) is 8.73. The van der Waals surface area contributed by atoms with Crippen LogP contribution in [0.25, 0.3) is 0 Å². The fraction of sp³-hybridized carbons (Fsp3) is 0.958. The highest BCUT2D eigenvalue weighted by atomic mass is 16.5. The monoisotopic (exact) mass is 416 g/mol. The van der Waals surface area contributed by atoms with E-state index in [4.69, 9.17) is 18.9 Å². The van der Waals surface area contributed by atoms with Crippen LogP contribution < -0.4 is 0 Å². The van der Waals surface area contributed by atoms with Gasteiger partial charge in [-0.05, 0) is 19.3 Å². The van der Waals surface area contributed by atoms with E-state index in [0.717, 1.165) is 32.3 Å². The molecule has 0 saturated heterocycles. The molecule has 5 nitrogen and oxygen atoms in total. The van der Waals surface area contributed by atoms with Gasteiger partial charge in [0.05, 0.1) is 33.0 Å². The molecular weight excluding hydrogens is 368 g/mol. The number of esters is 1. The molecule has 0 spiro atoms.